The Kier molecular flexibility index (Phi) is 5.41. The van der Waals surface area contributed by atoms with Gasteiger partial charge in [-0.3, -0.25) is 10.1 Å². The number of aromatic nitrogens is 7. The molecule has 6 aromatic heterocycles. The third kappa shape index (κ3) is 4.08. The van der Waals surface area contributed by atoms with Crippen LogP contribution < -0.4 is 4.74 Å². The van der Waals surface area contributed by atoms with Crippen molar-refractivity contribution in [1.29, 1.82) is 0 Å². The van der Waals surface area contributed by atoms with E-state index in [9.17, 15) is 0 Å². The standard InChI is InChI=1S/C29H21N7OS/c1-17-7-10-24(38-17)21-11-12-31-28-25(21)33-29(34-28)27-26-23(35-36-27)9-8-22(32-26)19-13-20(15-30-14-19)37-16-18-5-3-2-4-6-18/h2-15H,16H2,1H3,(H,35,36)(H,31,33,34). The molecule has 0 saturated heterocycles. The number of fused-ring (bicyclic) bond motifs is 2. The highest BCUT2D eigenvalue weighted by Crippen LogP contribution is 2.34. The summed E-state index contributed by atoms with van der Waals surface area (Å²) in [5.41, 5.74) is 7.44. The lowest BCUT2D eigenvalue weighted by atomic mass is 10.1. The Labute approximate surface area is 221 Å². The molecule has 38 heavy (non-hydrogen) atoms. The van der Waals surface area contributed by atoms with E-state index in [4.69, 9.17) is 14.7 Å². The number of nitrogens with zero attached hydrogens (tertiary/aromatic N) is 5. The Balaban J connectivity index is 1.24. The zero-order chi connectivity index (χ0) is 25.5. The van der Waals surface area contributed by atoms with Crippen LogP contribution in [0.3, 0.4) is 0 Å². The van der Waals surface area contributed by atoms with Crippen LogP contribution in [-0.4, -0.2) is 35.1 Å². The second-order valence-electron chi connectivity index (χ2n) is 8.90. The molecule has 0 amide bonds. The highest BCUT2D eigenvalue weighted by Gasteiger charge is 2.18. The molecular formula is C29H21N7OS. The van der Waals surface area contributed by atoms with Crippen LogP contribution in [0.15, 0.2) is 85.3 Å². The Morgan fingerprint density at radius 1 is 0.921 bits per heavy atom. The quantitative estimate of drug-likeness (QED) is 0.259. The fourth-order valence-electron chi connectivity index (χ4n) is 4.40. The van der Waals surface area contributed by atoms with Gasteiger partial charge in [0.1, 0.15) is 23.4 Å². The van der Waals surface area contributed by atoms with Gasteiger partial charge in [-0.1, -0.05) is 30.3 Å². The summed E-state index contributed by atoms with van der Waals surface area (Å²) in [6.45, 7) is 2.57. The molecule has 6 heterocycles. The number of thiophene rings is 1. The molecule has 0 aliphatic heterocycles. The fourth-order valence-corrected chi connectivity index (χ4v) is 5.30. The molecule has 0 aliphatic carbocycles. The van der Waals surface area contributed by atoms with Crippen LogP contribution in [0.4, 0.5) is 0 Å². The molecule has 184 valence electrons. The molecule has 0 atom stereocenters. The van der Waals surface area contributed by atoms with E-state index in [1.54, 1.807) is 29.9 Å². The molecule has 7 rings (SSSR count). The van der Waals surface area contributed by atoms with Gasteiger partial charge >= 0.3 is 0 Å². The molecule has 0 aliphatic rings. The maximum Gasteiger partial charge on any atom is 0.162 e. The number of nitrogens with one attached hydrogen (secondary N) is 2. The number of ether oxygens (including phenoxy) is 1. The van der Waals surface area contributed by atoms with Crippen LogP contribution in [0.2, 0.25) is 0 Å². The van der Waals surface area contributed by atoms with Crippen molar-refractivity contribution in [3.8, 4) is 39.0 Å². The predicted octanol–water partition coefficient (Wildman–Crippen LogP) is 6.57. The molecule has 0 spiro atoms. The Morgan fingerprint density at radius 2 is 1.84 bits per heavy atom. The van der Waals surface area contributed by atoms with Crippen molar-refractivity contribution < 1.29 is 4.74 Å². The first-order chi connectivity index (χ1) is 18.7. The van der Waals surface area contributed by atoms with E-state index in [1.165, 1.54) is 4.88 Å². The number of hydrogen-bond acceptors (Lipinski definition) is 7. The van der Waals surface area contributed by atoms with Crippen LogP contribution in [0, 0.1) is 6.92 Å². The monoisotopic (exact) mass is 515 g/mol. The van der Waals surface area contributed by atoms with Gasteiger partial charge in [-0.05, 0) is 48.9 Å². The van der Waals surface area contributed by atoms with Crippen molar-refractivity contribution in [3.05, 3.63) is 95.8 Å². The number of pyridine rings is 3. The smallest absolute Gasteiger partial charge is 0.162 e. The Morgan fingerprint density at radius 3 is 2.71 bits per heavy atom. The lowest BCUT2D eigenvalue weighted by Crippen LogP contribution is -1.96. The van der Waals surface area contributed by atoms with Crippen molar-refractivity contribution >= 4 is 33.5 Å². The summed E-state index contributed by atoms with van der Waals surface area (Å²) in [6, 6.07) is 22.1. The largest absolute Gasteiger partial charge is 0.487 e. The Hall–Kier alpha value is -4.89. The van der Waals surface area contributed by atoms with Gasteiger partial charge in [0.15, 0.2) is 17.2 Å². The minimum Gasteiger partial charge on any atom is -0.487 e. The average Bonchev–Trinajstić information content (AvgIpc) is 3.70. The molecule has 0 unspecified atom stereocenters. The molecule has 8 nitrogen and oxygen atoms in total. The zero-order valence-electron chi connectivity index (χ0n) is 20.3. The number of aryl methyl sites for hydroxylation is 1. The first-order valence-corrected chi connectivity index (χ1v) is 12.9. The van der Waals surface area contributed by atoms with Crippen LogP contribution in [0.25, 0.3) is 55.4 Å². The van der Waals surface area contributed by atoms with Gasteiger partial charge in [-0.2, -0.15) is 5.10 Å². The molecule has 0 fully saturated rings. The number of imidazole rings is 1. The number of benzene rings is 1. The third-order valence-corrected chi connectivity index (χ3v) is 7.31. The lowest BCUT2D eigenvalue weighted by Gasteiger charge is -2.08. The summed E-state index contributed by atoms with van der Waals surface area (Å²) >= 11 is 1.74. The zero-order valence-corrected chi connectivity index (χ0v) is 21.2. The van der Waals surface area contributed by atoms with Crippen molar-refractivity contribution in [2.75, 3.05) is 0 Å². The predicted molar refractivity (Wildman–Crippen MR) is 149 cm³/mol. The van der Waals surface area contributed by atoms with Crippen molar-refractivity contribution in [2.45, 2.75) is 13.5 Å². The van der Waals surface area contributed by atoms with Gasteiger partial charge in [-0.25, -0.2) is 15.0 Å². The minimum absolute atomic E-state index is 0.470. The number of hydrogen-bond donors (Lipinski definition) is 2. The highest BCUT2D eigenvalue weighted by atomic mass is 32.1. The van der Waals surface area contributed by atoms with E-state index >= 15 is 0 Å². The van der Waals surface area contributed by atoms with Crippen LogP contribution in [-0.2, 0) is 6.61 Å². The molecule has 1 aromatic carbocycles. The maximum atomic E-state index is 5.97. The SMILES string of the molecule is Cc1ccc(-c2ccnc3[nH]c(-c4n[nH]c5ccc(-c6cncc(OCc7ccccc7)c6)nc45)nc23)s1. The van der Waals surface area contributed by atoms with E-state index in [0.717, 1.165) is 38.3 Å². The van der Waals surface area contributed by atoms with E-state index in [0.29, 0.717) is 35.0 Å². The summed E-state index contributed by atoms with van der Waals surface area (Å²) < 4.78 is 5.97. The number of aromatic amines is 2. The van der Waals surface area contributed by atoms with Gasteiger partial charge in [0.2, 0.25) is 0 Å². The van der Waals surface area contributed by atoms with Crippen molar-refractivity contribution in [3.63, 3.8) is 0 Å². The second-order valence-corrected chi connectivity index (χ2v) is 10.2. The first-order valence-electron chi connectivity index (χ1n) is 12.1. The van der Waals surface area contributed by atoms with E-state index in [2.05, 4.69) is 44.2 Å². The topological polar surface area (TPSA) is 105 Å². The van der Waals surface area contributed by atoms with Crippen LogP contribution >= 0.6 is 11.3 Å². The number of rotatable bonds is 6. The van der Waals surface area contributed by atoms with E-state index in [-0.39, 0.29) is 0 Å². The van der Waals surface area contributed by atoms with Gasteiger partial charge in [0.25, 0.3) is 0 Å². The highest BCUT2D eigenvalue weighted by molar-refractivity contribution is 7.15. The Bertz CT molecular complexity index is 1910. The molecule has 0 saturated carbocycles. The third-order valence-electron chi connectivity index (χ3n) is 6.28. The van der Waals surface area contributed by atoms with Gasteiger partial charge in [0.05, 0.1) is 17.4 Å². The second kappa shape index (κ2) is 9.20. The minimum atomic E-state index is 0.470. The first kappa shape index (κ1) is 22.3. The number of H-pyrrole nitrogens is 2. The van der Waals surface area contributed by atoms with Gasteiger partial charge < -0.3 is 9.72 Å². The molecule has 2 N–H and O–H groups in total. The van der Waals surface area contributed by atoms with Gasteiger partial charge in [-0.15, -0.1) is 11.3 Å². The van der Waals surface area contributed by atoms with Crippen LogP contribution in [0.1, 0.15) is 10.4 Å². The summed E-state index contributed by atoms with van der Waals surface area (Å²) in [5.74, 6) is 1.29. The van der Waals surface area contributed by atoms with Crippen LogP contribution in [0.5, 0.6) is 5.75 Å². The average molecular weight is 516 g/mol. The maximum absolute atomic E-state index is 5.97. The van der Waals surface area contributed by atoms with Gasteiger partial charge in [0, 0.05) is 33.3 Å². The lowest BCUT2D eigenvalue weighted by molar-refractivity contribution is 0.305. The van der Waals surface area contributed by atoms with E-state index in [1.807, 2.05) is 54.6 Å². The fraction of sp³-hybridized carbons (Fsp3) is 0.0690. The molecular weight excluding hydrogens is 494 g/mol. The molecule has 9 heteroatoms. The van der Waals surface area contributed by atoms with Crippen molar-refractivity contribution in [1.82, 2.24) is 35.1 Å². The molecule has 7 aromatic rings. The van der Waals surface area contributed by atoms with E-state index < -0.39 is 0 Å². The normalized spacial score (nSPS) is 11.4. The molecule has 0 radical (unpaired) electrons. The summed E-state index contributed by atoms with van der Waals surface area (Å²) in [5, 5.41) is 7.61. The summed E-state index contributed by atoms with van der Waals surface area (Å²) in [6.07, 6.45) is 5.29. The molecule has 0 bridgehead atoms. The summed E-state index contributed by atoms with van der Waals surface area (Å²) in [4.78, 5) is 24.4. The van der Waals surface area contributed by atoms with Crippen molar-refractivity contribution in [2.24, 2.45) is 0 Å². The summed E-state index contributed by atoms with van der Waals surface area (Å²) in [7, 11) is 0.